The molecule has 0 saturated carbocycles. The molecule has 0 N–H and O–H groups in total. The third kappa shape index (κ3) is 2.50. The molecule has 0 aliphatic rings. The van der Waals surface area contributed by atoms with Crippen molar-refractivity contribution in [2.45, 2.75) is 19.2 Å². The number of thiophene rings is 1. The van der Waals surface area contributed by atoms with Gasteiger partial charge in [0.25, 0.3) is 0 Å². The van der Waals surface area contributed by atoms with Crippen LogP contribution in [-0.2, 0) is 0 Å². The Hall–Kier alpha value is -0.930. The number of aryl methyl sites for hydroxylation is 2. The second kappa shape index (κ2) is 4.75. The van der Waals surface area contributed by atoms with Gasteiger partial charge in [-0.3, -0.25) is 0 Å². The van der Waals surface area contributed by atoms with Crippen molar-refractivity contribution >= 4 is 22.9 Å². The number of hydrogen-bond acceptors (Lipinski definition) is 1. The molecule has 1 unspecified atom stereocenters. The van der Waals surface area contributed by atoms with E-state index in [4.69, 9.17) is 11.6 Å². The van der Waals surface area contributed by atoms with Crippen molar-refractivity contribution < 1.29 is 8.78 Å². The first-order valence-electron chi connectivity index (χ1n) is 5.15. The molecule has 0 spiro atoms. The van der Waals surface area contributed by atoms with Gasteiger partial charge in [-0.15, -0.1) is 22.9 Å². The highest BCUT2D eigenvalue weighted by molar-refractivity contribution is 7.12. The van der Waals surface area contributed by atoms with E-state index in [0.29, 0.717) is 0 Å². The van der Waals surface area contributed by atoms with Crippen LogP contribution < -0.4 is 0 Å². The van der Waals surface area contributed by atoms with E-state index < -0.39 is 17.0 Å². The summed E-state index contributed by atoms with van der Waals surface area (Å²) in [5.74, 6) is -0.893. The van der Waals surface area contributed by atoms with Gasteiger partial charge < -0.3 is 0 Å². The van der Waals surface area contributed by atoms with Crippen LogP contribution in [0.4, 0.5) is 8.78 Å². The number of alkyl halides is 1. The van der Waals surface area contributed by atoms with Gasteiger partial charge in [0.15, 0.2) is 0 Å². The van der Waals surface area contributed by atoms with Crippen LogP contribution in [0.2, 0.25) is 0 Å². The molecule has 1 heterocycles. The molecule has 2 aromatic rings. The molecule has 0 nitrogen and oxygen atoms in total. The SMILES string of the molecule is Cc1ccc(C(Cl)c2cc(F)c(C)cc2F)s1. The van der Waals surface area contributed by atoms with E-state index in [1.807, 2.05) is 19.1 Å². The van der Waals surface area contributed by atoms with Crippen molar-refractivity contribution in [2.75, 3.05) is 0 Å². The number of halogens is 3. The Labute approximate surface area is 108 Å². The maximum atomic E-state index is 13.7. The first-order chi connectivity index (χ1) is 7.99. The van der Waals surface area contributed by atoms with Crippen LogP contribution in [0.15, 0.2) is 24.3 Å². The fourth-order valence-electron chi connectivity index (χ4n) is 1.60. The molecule has 90 valence electrons. The van der Waals surface area contributed by atoms with E-state index in [2.05, 4.69) is 0 Å². The lowest BCUT2D eigenvalue weighted by atomic mass is 10.1. The molecule has 17 heavy (non-hydrogen) atoms. The Balaban J connectivity index is 2.43. The van der Waals surface area contributed by atoms with E-state index in [1.54, 1.807) is 0 Å². The van der Waals surface area contributed by atoms with Crippen molar-refractivity contribution in [3.63, 3.8) is 0 Å². The van der Waals surface area contributed by atoms with Crippen molar-refractivity contribution in [1.82, 2.24) is 0 Å². The quantitative estimate of drug-likeness (QED) is 0.677. The van der Waals surface area contributed by atoms with E-state index in [9.17, 15) is 8.78 Å². The molecular formula is C13H11ClF2S. The molecule has 0 amide bonds. The van der Waals surface area contributed by atoms with Crippen molar-refractivity contribution in [2.24, 2.45) is 0 Å². The summed E-state index contributed by atoms with van der Waals surface area (Å²) < 4.78 is 27.1. The topological polar surface area (TPSA) is 0 Å². The number of rotatable bonds is 2. The van der Waals surface area contributed by atoms with Gasteiger partial charge in [-0.25, -0.2) is 8.78 Å². The lowest BCUT2D eigenvalue weighted by molar-refractivity contribution is 0.581. The minimum atomic E-state index is -0.635. The van der Waals surface area contributed by atoms with E-state index >= 15 is 0 Å². The number of benzene rings is 1. The molecule has 0 aliphatic heterocycles. The molecule has 0 fully saturated rings. The fourth-order valence-corrected chi connectivity index (χ4v) is 2.85. The second-order valence-corrected chi connectivity index (χ2v) is 5.69. The van der Waals surface area contributed by atoms with E-state index in [1.165, 1.54) is 30.4 Å². The Morgan fingerprint density at radius 1 is 1.12 bits per heavy atom. The summed E-state index contributed by atoms with van der Waals surface area (Å²) in [7, 11) is 0. The summed E-state index contributed by atoms with van der Waals surface area (Å²) in [6.45, 7) is 3.48. The van der Waals surface area contributed by atoms with Crippen LogP contribution in [-0.4, -0.2) is 0 Å². The molecule has 0 bridgehead atoms. The van der Waals surface area contributed by atoms with Gasteiger partial charge in [0.1, 0.15) is 11.6 Å². The number of hydrogen-bond donors (Lipinski definition) is 0. The average Bonchev–Trinajstić information content (AvgIpc) is 2.69. The molecule has 0 radical (unpaired) electrons. The zero-order valence-electron chi connectivity index (χ0n) is 9.43. The van der Waals surface area contributed by atoms with Crippen LogP contribution >= 0.6 is 22.9 Å². The maximum Gasteiger partial charge on any atom is 0.128 e. The highest BCUT2D eigenvalue weighted by Gasteiger charge is 2.18. The van der Waals surface area contributed by atoms with Gasteiger partial charge in [-0.2, -0.15) is 0 Å². The third-order valence-electron chi connectivity index (χ3n) is 2.56. The van der Waals surface area contributed by atoms with Crippen LogP contribution in [0, 0.1) is 25.5 Å². The molecule has 1 aromatic carbocycles. The molecule has 1 atom stereocenters. The van der Waals surface area contributed by atoms with Gasteiger partial charge in [0, 0.05) is 15.3 Å². The molecule has 2 rings (SSSR count). The predicted octanol–water partition coefficient (Wildman–Crippen LogP) is 4.97. The van der Waals surface area contributed by atoms with Gasteiger partial charge in [-0.1, -0.05) is 0 Å². The maximum absolute atomic E-state index is 13.7. The summed E-state index contributed by atoms with van der Waals surface area (Å²) in [5, 5.41) is -0.635. The zero-order valence-corrected chi connectivity index (χ0v) is 11.0. The molecule has 1 aromatic heterocycles. The van der Waals surface area contributed by atoms with Crippen molar-refractivity contribution in [3.8, 4) is 0 Å². The highest BCUT2D eigenvalue weighted by atomic mass is 35.5. The minimum absolute atomic E-state index is 0.191. The molecular weight excluding hydrogens is 262 g/mol. The molecule has 4 heteroatoms. The average molecular weight is 273 g/mol. The normalized spacial score (nSPS) is 12.8. The summed E-state index contributed by atoms with van der Waals surface area (Å²) in [4.78, 5) is 1.92. The minimum Gasteiger partial charge on any atom is -0.207 e. The van der Waals surface area contributed by atoms with E-state index in [-0.39, 0.29) is 11.1 Å². The fraction of sp³-hybridized carbons (Fsp3) is 0.231. The smallest absolute Gasteiger partial charge is 0.128 e. The Morgan fingerprint density at radius 3 is 2.41 bits per heavy atom. The summed E-state index contributed by atoms with van der Waals surface area (Å²) in [6, 6.07) is 6.12. The Bertz CT molecular complexity index is 548. The lowest BCUT2D eigenvalue weighted by Gasteiger charge is -2.10. The van der Waals surface area contributed by atoms with Crippen molar-refractivity contribution in [3.05, 3.63) is 56.8 Å². The first kappa shape index (κ1) is 12.5. The predicted molar refractivity (Wildman–Crippen MR) is 67.8 cm³/mol. The standard InChI is InChI=1S/C13H11ClF2S/c1-7-5-11(16)9(6-10(7)15)13(14)12-4-3-8(2)17-12/h3-6,13H,1-2H3. The Kier molecular flexibility index (Phi) is 3.50. The second-order valence-electron chi connectivity index (χ2n) is 3.93. The monoisotopic (exact) mass is 272 g/mol. The van der Waals surface area contributed by atoms with Crippen LogP contribution in [0.3, 0.4) is 0 Å². The third-order valence-corrected chi connectivity index (χ3v) is 4.23. The van der Waals surface area contributed by atoms with Gasteiger partial charge >= 0.3 is 0 Å². The van der Waals surface area contributed by atoms with E-state index in [0.717, 1.165) is 9.75 Å². The molecule has 0 aliphatic carbocycles. The first-order valence-corrected chi connectivity index (χ1v) is 6.40. The highest BCUT2D eigenvalue weighted by Crippen LogP contribution is 2.35. The van der Waals surface area contributed by atoms with Crippen LogP contribution in [0.5, 0.6) is 0 Å². The lowest BCUT2D eigenvalue weighted by Crippen LogP contribution is -1.98. The molecule has 0 saturated heterocycles. The van der Waals surface area contributed by atoms with Gasteiger partial charge in [0.2, 0.25) is 0 Å². The largest absolute Gasteiger partial charge is 0.207 e. The van der Waals surface area contributed by atoms with Crippen LogP contribution in [0.1, 0.15) is 26.3 Å². The van der Waals surface area contributed by atoms with Gasteiger partial charge in [0.05, 0.1) is 5.38 Å². The summed E-state index contributed by atoms with van der Waals surface area (Å²) in [5.41, 5.74) is 0.481. The Morgan fingerprint density at radius 2 is 1.82 bits per heavy atom. The van der Waals surface area contributed by atoms with Gasteiger partial charge in [-0.05, 0) is 43.7 Å². The zero-order chi connectivity index (χ0) is 12.6. The summed E-state index contributed by atoms with van der Waals surface area (Å²) >= 11 is 7.67. The van der Waals surface area contributed by atoms with Crippen molar-refractivity contribution in [1.29, 1.82) is 0 Å². The summed E-state index contributed by atoms with van der Waals surface area (Å²) in [6.07, 6.45) is 0. The van der Waals surface area contributed by atoms with Crippen LogP contribution in [0.25, 0.3) is 0 Å².